The third-order valence-corrected chi connectivity index (χ3v) is 3.29. The number of para-hydroxylation sites is 1. The molecule has 1 aromatic rings. The van der Waals surface area contributed by atoms with E-state index in [1.54, 1.807) is 26.0 Å². The average Bonchev–Trinajstić information content (AvgIpc) is 2.62. The standard InChI is InChI=1S/C16H13N5O.C2H6/c1-10-11(2)15(21-20-13-6-4-3-5-7-13)16(22)19-14(10)12(8-17)9-18;1-2/h3-7,20H,1-2H3,(H,19,22);1-2H3. The highest BCUT2D eigenvalue weighted by Gasteiger charge is 2.26. The van der Waals surface area contributed by atoms with Gasteiger partial charge in [0.25, 0.3) is 5.91 Å². The van der Waals surface area contributed by atoms with Gasteiger partial charge in [0.1, 0.15) is 12.1 Å². The van der Waals surface area contributed by atoms with Crippen molar-refractivity contribution in [2.24, 2.45) is 5.10 Å². The minimum atomic E-state index is -0.454. The van der Waals surface area contributed by atoms with E-state index < -0.39 is 5.91 Å². The van der Waals surface area contributed by atoms with Gasteiger partial charge in [-0.15, -0.1) is 0 Å². The molecule has 1 aromatic carbocycles. The lowest BCUT2D eigenvalue weighted by Crippen LogP contribution is -2.37. The van der Waals surface area contributed by atoms with Crippen LogP contribution in [0.25, 0.3) is 0 Å². The van der Waals surface area contributed by atoms with Crippen molar-refractivity contribution in [1.29, 1.82) is 10.5 Å². The number of hydrogen-bond acceptors (Lipinski definition) is 5. The number of nitriles is 2. The fraction of sp³-hybridized carbons (Fsp3) is 0.222. The fourth-order valence-corrected chi connectivity index (χ4v) is 1.96. The molecule has 0 fully saturated rings. The minimum absolute atomic E-state index is 0.125. The highest BCUT2D eigenvalue weighted by Crippen LogP contribution is 2.21. The van der Waals surface area contributed by atoms with E-state index in [0.29, 0.717) is 11.1 Å². The van der Waals surface area contributed by atoms with Gasteiger partial charge in [0, 0.05) is 0 Å². The Hall–Kier alpha value is -3.38. The minimum Gasteiger partial charge on any atom is -0.319 e. The molecule has 0 saturated carbocycles. The molecule has 2 rings (SSSR count). The SMILES string of the molecule is CC.CC1=C(C)C(=C(C#N)C#N)NC(=O)C1=NNc1ccccc1. The third-order valence-electron chi connectivity index (χ3n) is 3.29. The second-order valence-electron chi connectivity index (χ2n) is 4.62. The predicted octanol–water partition coefficient (Wildman–Crippen LogP) is 3.25. The van der Waals surface area contributed by atoms with Crippen LogP contribution < -0.4 is 10.7 Å². The summed E-state index contributed by atoms with van der Waals surface area (Å²) in [6, 6.07) is 12.8. The maximum Gasteiger partial charge on any atom is 0.276 e. The van der Waals surface area contributed by atoms with Crippen LogP contribution in [0.2, 0.25) is 0 Å². The van der Waals surface area contributed by atoms with E-state index in [4.69, 9.17) is 10.5 Å². The maximum atomic E-state index is 12.1. The van der Waals surface area contributed by atoms with Gasteiger partial charge >= 0.3 is 0 Å². The Morgan fingerprint density at radius 1 is 1.08 bits per heavy atom. The van der Waals surface area contributed by atoms with Crippen LogP contribution in [0.15, 0.2) is 57.8 Å². The molecule has 0 spiro atoms. The van der Waals surface area contributed by atoms with Crippen LogP contribution >= 0.6 is 0 Å². The van der Waals surface area contributed by atoms with Crippen molar-refractivity contribution in [3.05, 3.63) is 52.7 Å². The largest absolute Gasteiger partial charge is 0.319 e. The quantitative estimate of drug-likeness (QED) is 0.645. The number of anilines is 1. The molecular weight excluding hydrogens is 302 g/mol. The summed E-state index contributed by atoms with van der Waals surface area (Å²) in [5.74, 6) is -0.454. The maximum absolute atomic E-state index is 12.1. The van der Waals surface area contributed by atoms with Crippen molar-refractivity contribution in [1.82, 2.24) is 5.32 Å². The van der Waals surface area contributed by atoms with Crippen LogP contribution in [0.4, 0.5) is 5.69 Å². The molecule has 6 nitrogen and oxygen atoms in total. The van der Waals surface area contributed by atoms with Gasteiger partial charge in [0.15, 0.2) is 11.3 Å². The summed E-state index contributed by atoms with van der Waals surface area (Å²) >= 11 is 0. The first-order chi connectivity index (χ1) is 11.6. The number of hydrogen-bond donors (Lipinski definition) is 2. The van der Waals surface area contributed by atoms with Crippen LogP contribution in [0.3, 0.4) is 0 Å². The Morgan fingerprint density at radius 2 is 1.67 bits per heavy atom. The number of nitrogens with zero attached hydrogens (tertiary/aromatic N) is 3. The Morgan fingerprint density at radius 3 is 2.21 bits per heavy atom. The molecule has 0 aromatic heterocycles. The van der Waals surface area contributed by atoms with Crippen LogP contribution in [-0.4, -0.2) is 11.6 Å². The van der Waals surface area contributed by atoms with Crippen molar-refractivity contribution < 1.29 is 4.79 Å². The first kappa shape index (κ1) is 18.7. The van der Waals surface area contributed by atoms with Gasteiger partial charge in [-0.1, -0.05) is 32.0 Å². The summed E-state index contributed by atoms with van der Waals surface area (Å²) < 4.78 is 0. The number of hydrazone groups is 1. The van der Waals surface area contributed by atoms with Gasteiger partial charge in [-0.25, -0.2) is 0 Å². The average molecular weight is 321 g/mol. The number of carbonyl (C=O) groups is 1. The lowest BCUT2D eigenvalue weighted by atomic mass is 9.96. The highest BCUT2D eigenvalue weighted by atomic mass is 16.2. The first-order valence-corrected chi connectivity index (χ1v) is 7.51. The summed E-state index contributed by atoms with van der Waals surface area (Å²) in [4.78, 5) is 12.1. The number of amides is 1. The molecule has 1 amide bonds. The summed E-state index contributed by atoms with van der Waals surface area (Å²) in [6.07, 6.45) is 0. The Labute approximate surface area is 141 Å². The summed E-state index contributed by atoms with van der Waals surface area (Å²) in [5.41, 5.74) is 5.17. The second kappa shape index (κ2) is 8.92. The van der Waals surface area contributed by atoms with Crippen LogP contribution in [0.5, 0.6) is 0 Å². The molecule has 0 radical (unpaired) electrons. The summed E-state index contributed by atoms with van der Waals surface area (Å²) in [7, 11) is 0. The molecule has 0 aliphatic carbocycles. The molecule has 24 heavy (non-hydrogen) atoms. The van der Waals surface area contributed by atoms with Crippen molar-refractivity contribution >= 4 is 17.3 Å². The lowest BCUT2D eigenvalue weighted by molar-refractivity contribution is -0.114. The second-order valence-corrected chi connectivity index (χ2v) is 4.62. The van der Waals surface area contributed by atoms with Crippen molar-refractivity contribution in [2.75, 3.05) is 5.43 Å². The van der Waals surface area contributed by atoms with Gasteiger partial charge in [-0.2, -0.15) is 15.6 Å². The van der Waals surface area contributed by atoms with Crippen molar-refractivity contribution in [3.8, 4) is 12.1 Å². The van der Waals surface area contributed by atoms with Gasteiger partial charge < -0.3 is 5.32 Å². The fourth-order valence-electron chi connectivity index (χ4n) is 1.96. The molecule has 6 heteroatoms. The number of benzene rings is 1. The predicted molar refractivity (Wildman–Crippen MR) is 93.6 cm³/mol. The normalized spacial score (nSPS) is 14.8. The van der Waals surface area contributed by atoms with Crippen LogP contribution in [0, 0.1) is 22.7 Å². The van der Waals surface area contributed by atoms with Gasteiger partial charge in [-0.3, -0.25) is 10.2 Å². The molecule has 122 valence electrons. The number of nitrogens with one attached hydrogen (secondary N) is 2. The topological polar surface area (TPSA) is 101 Å². The highest BCUT2D eigenvalue weighted by molar-refractivity contribution is 6.46. The van der Waals surface area contributed by atoms with E-state index in [1.165, 1.54) is 0 Å². The Balaban J connectivity index is 0.00000139. The van der Waals surface area contributed by atoms with Crippen molar-refractivity contribution in [2.45, 2.75) is 27.7 Å². The smallest absolute Gasteiger partial charge is 0.276 e. The molecule has 1 heterocycles. The lowest BCUT2D eigenvalue weighted by Gasteiger charge is -2.20. The zero-order chi connectivity index (χ0) is 18.1. The zero-order valence-electron chi connectivity index (χ0n) is 14.1. The van der Waals surface area contributed by atoms with Crippen LogP contribution in [-0.2, 0) is 4.79 Å². The van der Waals surface area contributed by atoms with E-state index in [0.717, 1.165) is 5.69 Å². The Kier molecular flexibility index (Phi) is 6.94. The third kappa shape index (κ3) is 4.08. The number of rotatable bonds is 2. The molecule has 0 bridgehead atoms. The molecule has 1 aliphatic rings. The van der Waals surface area contributed by atoms with E-state index in [2.05, 4.69) is 15.8 Å². The molecule has 0 saturated heterocycles. The molecular formula is C18H19N5O. The van der Waals surface area contributed by atoms with E-state index in [1.807, 2.05) is 44.2 Å². The molecule has 0 atom stereocenters. The summed E-state index contributed by atoms with van der Waals surface area (Å²) in [5, 5.41) is 24.6. The summed E-state index contributed by atoms with van der Waals surface area (Å²) in [6.45, 7) is 7.46. The molecule has 2 N–H and O–H groups in total. The zero-order valence-corrected chi connectivity index (χ0v) is 14.1. The number of allylic oxidation sites excluding steroid dienone is 2. The van der Waals surface area contributed by atoms with Gasteiger partial charge in [-0.05, 0) is 37.1 Å². The van der Waals surface area contributed by atoms with Gasteiger partial charge in [0.05, 0.1) is 11.4 Å². The van der Waals surface area contributed by atoms with Crippen molar-refractivity contribution in [3.63, 3.8) is 0 Å². The molecule has 1 aliphatic heterocycles. The number of carbonyl (C=O) groups excluding carboxylic acids is 1. The molecule has 0 unspecified atom stereocenters. The van der Waals surface area contributed by atoms with E-state index in [9.17, 15) is 4.79 Å². The Bertz CT molecular complexity index is 773. The van der Waals surface area contributed by atoms with E-state index >= 15 is 0 Å². The van der Waals surface area contributed by atoms with Gasteiger partial charge in [0.2, 0.25) is 0 Å². The monoisotopic (exact) mass is 321 g/mol. The van der Waals surface area contributed by atoms with Crippen LogP contribution in [0.1, 0.15) is 27.7 Å². The first-order valence-electron chi connectivity index (χ1n) is 7.51. The van der Waals surface area contributed by atoms with E-state index in [-0.39, 0.29) is 17.0 Å².